The van der Waals surface area contributed by atoms with Gasteiger partial charge in [0.2, 0.25) is 5.91 Å². The summed E-state index contributed by atoms with van der Waals surface area (Å²) in [5.74, 6) is -0.0156. The molecule has 2 N–H and O–H groups in total. The van der Waals surface area contributed by atoms with Gasteiger partial charge < -0.3 is 15.4 Å². The standard InChI is InChI=1S/C16H26N2O2/c1-12(2)18(15(19)11-20-16(3,4)5)10-13-8-6-7-9-14(13)17/h6-9,12H,10-11,17H2,1-5H3. The monoisotopic (exact) mass is 278 g/mol. The second-order valence-corrected chi connectivity index (χ2v) is 6.22. The van der Waals surface area contributed by atoms with E-state index in [1.807, 2.05) is 58.9 Å². The summed E-state index contributed by atoms with van der Waals surface area (Å²) in [6, 6.07) is 7.72. The van der Waals surface area contributed by atoms with Gasteiger partial charge in [-0.1, -0.05) is 18.2 Å². The lowest BCUT2D eigenvalue weighted by Gasteiger charge is -2.29. The molecule has 0 aromatic heterocycles. The van der Waals surface area contributed by atoms with Crippen molar-refractivity contribution in [2.45, 2.75) is 52.8 Å². The topological polar surface area (TPSA) is 55.6 Å². The lowest BCUT2D eigenvalue weighted by Crippen LogP contribution is -2.40. The fourth-order valence-electron chi connectivity index (χ4n) is 1.78. The van der Waals surface area contributed by atoms with Crippen LogP contribution in [-0.4, -0.2) is 29.1 Å². The number of hydrogen-bond donors (Lipinski definition) is 1. The van der Waals surface area contributed by atoms with Crippen molar-refractivity contribution in [1.29, 1.82) is 0 Å². The number of amides is 1. The first-order valence-corrected chi connectivity index (χ1v) is 6.97. The van der Waals surface area contributed by atoms with E-state index < -0.39 is 0 Å². The molecule has 0 aliphatic heterocycles. The average Bonchev–Trinajstić information content (AvgIpc) is 2.33. The summed E-state index contributed by atoms with van der Waals surface area (Å²) in [5, 5.41) is 0. The fourth-order valence-corrected chi connectivity index (χ4v) is 1.78. The Balaban J connectivity index is 2.75. The predicted molar refractivity (Wildman–Crippen MR) is 82.2 cm³/mol. The summed E-state index contributed by atoms with van der Waals surface area (Å²) in [4.78, 5) is 14.1. The van der Waals surface area contributed by atoms with E-state index in [0.717, 1.165) is 5.56 Å². The molecule has 0 aliphatic rings. The molecule has 0 bridgehead atoms. The van der Waals surface area contributed by atoms with Crippen molar-refractivity contribution in [3.8, 4) is 0 Å². The van der Waals surface area contributed by atoms with Crippen molar-refractivity contribution in [3.63, 3.8) is 0 Å². The fraction of sp³-hybridized carbons (Fsp3) is 0.562. The van der Waals surface area contributed by atoms with Crippen LogP contribution in [-0.2, 0) is 16.1 Å². The van der Waals surface area contributed by atoms with E-state index in [0.29, 0.717) is 12.2 Å². The van der Waals surface area contributed by atoms with Crippen molar-refractivity contribution in [1.82, 2.24) is 4.90 Å². The summed E-state index contributed by atoms with van der Waals surface area (Å²) < 4.78 is 5.57. The Morgan fingerprint density at radius 2 is 1.90 bits per heavy atom. The Labute approximate surface area is 121 Å². The summed E-state index contributed by atoms with van der Waals surface area (Å²) in [6.07, 6.45) is 0. The average molecular weight is 278 g/mol. The molecule has 1 rings (SSSR count). The minimum Gasteiger partial charge on any atom is -0.398 e. The number of para-hydroxylation sites is 1. The van der Waals surface area contributed by atoms with E-state index in [-0.39, 0.29) is 24.2 Å². The number of benzene rings is 1. The van der Waals surface area contributed by atoms with Gasteiger partial charge in [-0.3, -0.25) is 4.79 Å². The molecule has 0 spiro atoms. The van der Waals surface area contributed by atoms with Crippen LogP contribution in [0.2, 0.25) is 0 Å². The Bertz CT molecular complexity index is 450. The SMILES string of the molecule is CC(C)N(Cc1ccccc1N)C(=O)COC(C)(C)C. The van der Waals surface area contributed by atoms with Crippen LogP contribution in [0.25, 0.3) is 0 Å². The minimum atomic E-state index is -0.315. The normalized spacial score (nSPS) is 11.7. The molecule has 0 aliphatic carbocycles. The van der Waals surface area contributed by atoms with Gasteiger partial charge in [0, 0.05) is 18.3 Å². The molecule has 112 valence electrons. The molecule has 0 heterocycles. The zero-order chi connectivity index (χ0) is 15.3. The van der Waals surface area contributed by atoms with Crippen LogP contribution in [0.5, 0.6) is 0 Å². The van der Waals surface area contributed by atoms with Crippen LogP contribution < -0.4 is 5.73 Å². The highest BCUT2D eigenvalue weighted by molar-refractivity contribution is 5.78. The number of hydrogen-bond acceptors (Lipinski definition) is 3. The smallest absolute Gasteiger partial charge is 0.249 e. The number of nitrogen functional groups attached to an aromatic ring is 1. The zero-order valence-corrected chi connectivity index (χ0v) is 13.1. The molecular weight excluding hydrogens is 252 g/mol. The third-order valence-electron chi connectivity index (χ3n) is 2.97. The molecular formula is C16H26N2O2. The number of ether oxygens (including phenoxy) is 1. The third-order valence-corrected chi connectivity index (χ3v) is 2.97. The Morgan fingerprint density at radius 3 is 2.40 bits per heavy atom. The van der Waals surface area contributed by atoms with Gasteiger partial charge in [0.1, 0.15) is 6.61 Å². The van der Waals surface area contributed by atoms with Crippen molar-refractivity contribution < 1.29 is 9.53 Å². The maximum Gasteiger partial charge on any atom is 0.249 e. The largest absolute Gasteiger partial charge is 0.398 e. The Kier molecular flexibility index (Phi) is 5.57. The molecule has 1 aromatic rings. The summed E-state index contributed by atoms with van der Waals surface area (Å²) in [5.41, 5.74) is 7.30. The van der Waals surface area contributed by atoms with E-state index in [4.69, 9.17) is 10.5 Å². The predicted octanol–water partition coefficient (Wildman–Crippen LogP) is 2.82. The zero-order valence-electron chi connectivity index (χ0n) is 13.1. The summed E-state index contributed by atoms with van der Waals surface area (Å²) in [7, 11) is 0. The van der Waals surface area contributed by atoms with Gasteiger partial charge in [0.25, 0.3) is 0 Å². The van der Waals surface area contributed by atoms with E-state index in [2.05, 4.69) is 0 Å². The molecule has 1 amide bonds. The van der Waals surface area contributed by atoms with Gasteiger partial charge >= 0.3 is 0 Å². The number of carbonyl (C=O) groups excluding carboxylic acids is 1. The number of nitrogens with zero attached hydrogens (tertiary/aromatic N) is 1. The lowest BCUT2D eigenvalue weighted by molar-refractivity contribution is -0.143. The molecule has 0 radical (unpaired) electrons. The molecule has 20 heavy (non-hydrogen) atoms. The van der Waals surface area contributed by atoms with Crippen molar-refractivity contribution in [2.24, 2.45) is 0 Å². The molecule has 0 unspecified atom stereocenters. The quantitative estimate of drug-likeness (QED) is 0.843. The van der Waals surface area contributed by atoms with Crippen LogP contribution >= 0.6 is 0 Å². The maximum atomic E-state index is 12.3. The van der Waals surface area contributed by atoms with Crippen LogP contribution in [0.4, 0.5) is 5.69 Å². The molecule has 0 atom stereocenters. The minimum absolute atomic E-state index is 0.0156. The summed E-state index contributed by atoms with van der Waals surface area (Å²) in [6.45, 7) is 10.4. The van der Waals surface area contributed by atoms with Gasteiger partial charge in [0.05, 0.1) is 5.60 Å². The molecule has 0 fully saturated rings. The van der Waals surface area contributed by atoms with E-state index in [9.17, 15) is 4.79 Å². The highest BCUT2D eigenvalue weighted by Gasteiger charge is 2.21. The Hall–Kier alpha value is -1.55. The van der Waals surface area contributed by atoms with Gasteiger partial charge in [-0.15, -0.1) is 0 Å². The van der Waals surface area contributed by atoms with Gasteiger partial charge in [-0.2, -0.15) is 0 Å². The van der Waals surface area contributed by atoms with Crippen molar-refractivity contribution in [3.05, 3.63) is 29.8 Å². The maximum absolute atomic E-state index is 12.3. The highest BCUT2D eigenvalue weighted by Crippen LogP contribution is 2.16. The molecule has 0 saturated heterocycles. The van der Waals surface area contributed by atoms with Crippen LogP contribution in [0.3, 0.4) is 0 Å². The molecule has 4 nitrogen and oxygen atoms in total. The van der Waals surface area contributed by atoms with Gasteiger partial charge in [0.15, 0.2) is 0 Å². The van der Waals surface area contributed by atoms with E-state index in [1.54, 1.807) is 4.90 Å². The number of carbonyl (C=O) groups is 1. The first-order chi connectivity index (χ1) is 9.20. The van der Waals surface area contributed by atoms with E-state index >= 15 is 0 Å². The first-order valence-electron chi connectivity index (χ1n) is 6.97. The third kappa shape index (κ3) is 5.21. The second kappa shape index (κ2) is 6.75. The van der Waals surface area contributed by atoms with Crippen molar-refractivity contribution >= 4 is 11.6 Å². The Morgan fingerprint density at radius 1 is 1.30 bits per heavy atom. The van der Waals surface area contributed by atoms with Crippen LogP contribution in [0, 0.1) is 0 Å². The molecule has 1 aromatic carbocycles. The number of rotatable bonds is 5. The van der Waals surface area contributed by atoms with E-state index in [1.165, 1.54) is 0 Å². The second-order valence-electron chi connectivity index (χ2n) is 6.22. The highest BCUT2D eigenvalue weighted by atomic mass is 16.5. The molecule has 0 saturated carbocycles. The molecule has 4 heteroatoms. The van der Waals surface area contributed by atoms with Crippen molar-refractivity contribution in [2.75, 3.05) is 12.3 Å². The van der Waals surface area contributed by atoms with Gasteiger partial charge in [-0.25, -0.2) is 0 Å². The van der Waals surface area contributed by atoms with Crippen LogP contribution in [0.15, 0.2) is 24.3 Å². The van der Waals surface area contributed by atoms with Gasteiger partial charge in [-0.05, 0) is 46.2 Å². The number of nitrogens with two attached hydrogens (primary N) is 1. The lowest BCUT2D eigenvalue weighted by atomic mass is 10.1. The number of anilines is 1. The first kappa shape index (κ1) is 16.5. The van der Waals surface area contributed by atoms with Crippen LogP contribution in [0.1, 0.15) is 40.2 Å². The summed E-state index contributed by atoms with van der Waals surface area (Å²) >= 11 is 0.